The molecular formula is C19H20N2O2. The molecule has 118 valence electrons. The monoisotopic (exact) mass is 308 g/mol. The lowest BCUT2D eigenvalue weighted by molar-refractivity contribution is 0.102. The summed E-state index contributed by atoms with van der Waals surface area (Å²) in [5, 5.41) is 3.99. The second-order valence-corrected chi connectivity index (χ2v) is 5.74. The Hall–Kier alpha value is -2.75. The molecule has 2 N–H and O–H groups in total. The minimum Gasteiger partial charge on any atom is -0.497 e. The van der Waals surface area contributed by atoms with Crippen LogP contribution in [0.5, 0.6) is 5.75 Å². The number of methoxy groups -OCH3 is 1. The van der Waals surface area contributed by atoms with Gasteiger partial charge in [0.1, 0.15) is 11.4 Å². The fraction of sp³-hybridized carbons (Fsp3) is 0.211. The number of H-pyrrole nitrogens is 1. The Morgan fingerprint density at radius 2 is 1.87 bits per heavy atom. The third-order valence-electron chi connectivity index (χ3n) is 4.35. The van der Waals surface area contributed by atoms with Crippen LogP contribution in [0.1, 0.15) is 27.2 Å². The third-order valence-corrected chi connectivity index (χ3v) is 4.35. The van der Waals surface area contributed by atoms with Gasteiger partial charge in [-0.05, 0) is 61.7 Å². The van der Waals surface area contributed by atoms with Gasteiger partial charge in [0.25, 0.3) is 5.91 Å². The van der Waals surface area contributed by atoms with E-state index in [9.17, 15) is 4.79 Å². The van der Waals surface area contributed by atoms with Crippen molar-refractivity contribution in [1.82, 2.24) is 4.98 Å². The molecule has 1 amide bonds. The molecule has 0 spiro atoms. The first-order valence-electron chi connectivity index (χ1n) is 7.55. The van der Waals surface area contributed by atoms with Gasteiger partial charge in [0.15, 0.2) is 0 Å². The van der Waals surface area contributed by atoms with Crippen LogP contribution in [0.4, 0.5) is 5.69 Å². The molecule has 0 fully saturated rings. The number of fused-ring (bicyclic) bond motifs is 1. The quantitative estimate of drug-likeness (QED) is 0.755. The van der Waals surface area contributed by atoms with Crippen molar-refractivity contribution in [3.63, 3.8) is 0 Å². The number of amides is 1. The Morgan fingerprint density at radius 1 is 1.09 bits per heavy atom. The Morgan fingerprint density at radius 3 is 2.61 bits per heavy atom. The summed E-state index contributed by atoms with van der Waals surface area (Å²) in [6, 6.07) is 11.6. The highest BCUT2D eigenvalue weighted by Gasteiger charge is 2.16. The summed E-state index contributed by atoms with van der Waals surface area (Å²) in [6.07, 6.45) is 0. The molecule has 0 saturated carbocycles. The Balaban J connectivity index is 1.98. The molecule has 23 heavy (non-hydrogen) atoms. The fourth-order valence-electron chi connectivity index (χ4n) is 2.73. The van der Waals surface area contributed by atoms with Crippen LogP contribution in [-0.4, -0.2) is 18.0 Å². The lowest BCUT2D eigenvalue weighted by Crippen LogP contribution is -2.14. The molecule has 0 aliphatic carbocycles. The van der Waals surface area contributed by atoms with Crippen molar-refractivity contribution in [2.24, 2.45) is 0 Å². The number of aromatic amines is 1. The van der Waals surface area contributed by atoms with Crippen molar-refractivity contribution in [1.29, 1.82) is 0 Å². The standard InChI is InChI=1S/C19H20N2O2/c1-11-6-5-7-16(12(11)2)21-19(22)18-13(3)15-10-14(23-4)8-9-17(15)20-18/h5-10,20H,1-4H3,(H,21,22). The topological polar surface area (TPSA) is 54.1 Å². The fourth-order valence-corrected chi connectivity index (χ4v) is 2.73. The molecule has 0 radical (unpaired) electrons. The van der Waals surface area contributed by atoms with E-state index in [0.29, 0.717) is 5.69 Å². The Bertz CT molecular complexity index is 894. The average Bonchev–Trinajstić information content (AvgIpc) is 2.88. The van der Waals surface area contributed by atoms with Crippen LogP contribution in [-0.2, 0) is 0 Å². The molecule has 1 aromatic heterocycles. The Kier molecular flexibility index (Phi) is 3.82. The average molecular weight is 308 g/mol. The molecule has 4 nitrogen and oxygen atoms in total. The molecule has 0 aliphatic rings. The van der Waals surface area contributed by atoms with E-state index in [4.69, 9.17) is 4.74 Å². The minimum absolute atomic E-state index is 0.133. The molecular weight excluding hydrogens is 288 g/mol. The van der Waals surface area contributed by atoms with Gasteiger partial charge in [0.2, 0.25) is 0 Å². The summed E-state index contributed by atoms with van der Waals surface area (Å²) in [4.78, 5) is 15.9. The zero-order valence-corrected chi connectivity index (χ0v) is 13.8. The van der Waals surface area contributed by atoms with E-state index in [1.54, 1.807) is 7.11 Å². The van der Waals surface area contributed by atoms with Crippen molar-refractivity contribution in [2.45, 2.75) is 20.8 Å². The van der Waals surface area contributed by atoms with Gasteiger partial charge in [0, 0.05) is 16.6 Å². The first-order valence-corrected chi connectivity index (χ1v) is 7.55. The van der Waals surface area contributed by atoms with Gasteiger partial charge in [-0.3, -0.25) is 4.79 Å². The molecule has 0 unspecified atom stereocenters. The predicted molar refractivity (Wildman–Crippen MR) is 93.5 cm³/mol. The summed E-state index contributed by atoms with van der Waals surface area (Å²) in [5.74, 6) is 0.646. The summed E-state index contributed by atoms with van der Waals surface area (Å²) in [7, 11) is 1.64. The smallest absolute Gasteiger partial charge is 0.272 e. The lowest BCUT2D eigenvalue weighted by atomic mass is 10.1. The first-order chi connectivity index (χ1) is 11.0. The second kappa shape index (κ2) is 5.80. The van der Waals surface area contributed by atoms with Crippen LogP contribution in [0.3, 0.4) is 0 Å². The van der Waals surface area contributed by atoms with Crippen LogP contribution < -0.4 is 10.1 Å². The van der Waals surface area contributed by atoms with Gasteiger partial charge in [0.05, 0.1) is 7.11 Å². The number of ether oxygens (including phenoxy) is 1. The zero-order chi connectivity index (χ0) is 16.6. The molecule has 0 atom stereocenters. The minimum atomic E-state index is -0.133. The number of nitrogens with one attached hydrogen (secondary N) is 2. The Labute approximate surface area is 135 Å². The number of aromatic nitrogens is 1. The predicted octanol–water partition coefficient (Wildman–Crippen LogP) is 4.35. The summed E-state index contributed by atoms with van der Waals surface area (Å²) < 4.78 is 5.26. The van der Waals surface area contributed by atoms with E-state index in [0.717, 1.165) is 39.0 Å². The molecule has 1 heterocycles. The van der Waals surface area contributed by atoms with E-state index < -0.39 is 0 Å². The third kappa shape index (κ3) is 2.68. The number of hydrogen-bond donors (Lipinski definition) is 2. The molecule has 2 aromatic carbocycles. The number of rotatable bonds is 3. The maximum absolute atomic E-state index is 12.6. The number of carbonyl (C=O) groups is 1. The van der Waals surface area contributed by atoms with E-state index in [-0.39, 0.29) is 5.91 Å². The van der Waals surface area contributed by atoms with Gasteiger partial charge < -0.3 is 15.0 Å². The van der Waals surface area contributed by atoms with E-state index in [2.05, 4.69) is 10.3 Å². The van der Waals surface area contributed by atoms with Crippen molar-refractivity contribution in [3.05, 3.63) is 58.8 Å². The van der Waals surface area contributed by atoms with Gasteiger partial charge in [-0.1, -0.05) is 12.1 Å². The molecule has 0 saturated heterocycles. The second-order valence-electron chi connectivity index (χ2n) is 5.74. The molecule has 0 bridgehead atoms. The summed E-state index contributed by atoms with van der Waals surface area (Å²) in [5.41, 5.74) is 5.49. The van der Waals surface area contributed by atoms with Crippen LogP contribution in [0.2, 0.25) is 0 Å². The first kappa shape index (κ1) is 15.2. The summed E-state index contributed by atoms with van der Waals surface area (Å²) in [6.45, 7) is 5.98. The van der Waals surface area contributed by atoms with Crippen molar-refractivity contribution in [3.8, 4) is 5.75 Å². The SMILES string of the molecule is COc1ccc2[nH]c(C(=O)Nc3cccc(C)c3C)c(C)c2c1. The maximum atomic E-state index is 12.6. The van der Waals surface area contributed by atoms with Gasteiger partial charge in [-0.15, -0.1) is 0 Å². The van der Waals surface area contributed by atoms with Crippen molar-refractivity contribution in [2.75, 3.05) is 12.4 Å². The number of aryl methyl sites for hydroxylation is 2. The highest BCUT2D eigenvalue weighted by Crippen LogP contribution is 2.27. The molecule has 3 aromatic rings. The van der Waals surface area contributed by atoms with E-state index >= 15 is 0 Å². The number of hydrogen-bond acceptors (Lipinski definition) is 2. The van der Waals surface area contributed by atoms with E-state index in [1.165, 1.54) is 0 Å². The molecule has 0 aliphatic heterocycles. The number of carbonyl (C=O) groups excluding carboxylic acids is 1. The van der Waals surface area contributed by atoms with Crippen LogP contribution in [0.15, 0.2) is 36.4 Å². The molecule has 4 heteroatoms. The van der Waals surface area contributed by atoms with Crippen molar-refractivity contribution < 1.29 is 9.53 Å². The zero-order valence-electron chi connectivity index (χ0n) is 13.8. The van der Waals surface area contributed by atoms with E-state index in [1.807, 2.05) is 57.2 Å². The molecule has 3 rings (SSSR count). The van der Waals surface area contributed by atoms with Gasteiger partial charge >= 0.3 is 0 Å². The van der Waals surface area contributed by atoms with Gasteiger partial charge in [-0.25, -0.2) is 0 Å². The maximum Gasteiger partial charge on any atom is 0.272 e. The largest absolute Gasteiger partial charge is 0.497 e. The van der Waals surface area contributed by atoms with Crippen LogP contribution >= 0.6 is 0 Å². The van der Waals surface area contributed by atoms with Crippen LogP contribution in [0, 0.1) is 20.8 Å². The number of anilines is 1. The highest BCUT2D eigenvalue weighted by atomic mass is 16.5. The number of benzene rings is 2. The summed E-state index contributed by atoms with van der Waals surface area (Å²) >= 11 is 0. The van der Waals surface area contributed by atoms with Crippen molar-refractivity contribution >= 4 is 22.5 Å². The lowest BCUT2D eigenvalue weighted by Gasteiger charge is -2.10. The van der Waals surface area contributed by atoms with Gasteiger partial charge in [-0.2, -0.15) is 0 Å². The normalized spacial score (nSPS) is 10.8. The van der Waals surface area contributed by atoms with Crippen LogP contribution in [0.25, 0.3) is 10.9 Å². The highest BCUT2D eigenvalue weighted by molar-refractivity contribution is 6.08.